The van der Waals surface area contributed by atoms with Crippen molar-refractivity contribution in [3.63, 3.8) is 0 Å². The Labute approximate surface area is 106 Å². The van der Waals surface area contributed by atoms with Gasteiger partial charge in [-0.3, -0.25) is 4.98 Å². The summed E-state index contributed by atoms with van der Waals surface area (Å²) >= 11 is 0. The molecule has 0 fully saturated rings. The lowest BCUT2D eigenvalue weighted by Crippen LogP contribution is -1.97. The zero-order valence-electron chi connectivity index (χ0n) is 10.5. The molecule has 0 atom stereocenters. The van der Waals surface area contributed by atoms with Crippen molar-refractivity contribution in [3.05, 3.63) is 54.4 Å². The third-order valence-electron chi connectivity index (χ3n) is 3.01. The van der Waals surface area contributed by atoms with Gasteiger partial charge in [0.05, 0.1) is 16.9 Å². The zero-order valence-corrected chi connectivity index (χ0v) is 10.5. The zero-order chi connectivity index (χ0) is 12.5. The number of hydrogen-bond acceptors (Lipinski definition) is 2. The molecule has 1 aromatic carbocycles. The topological polar surface area (TPSA) is 30.7 Å². The minimum atomic E-state index is 0.368. The van der Waals surface area contributed by atoms with Gasteiger partial charge in [0, 0.05) is 6.20 Å². The Morgan fingerprint density at radius 3 is 2.50 bits per heavy atom. The van der Waals surface area contributed by atoms with Crippen LogP contribution in [0.25, 0.3) is 16.7 Å². The normalized spacial score (nSPS) is 11.3. The summed E-state index contributed by atoms with van der Waals surface area (Å²) in [6, 6.07) is 14.2. The van der Waals surface area contributed by atoms with Gasteiger partial charge >= 0.3 is 0 Å². The predicted octanol–water partition coefficient (Wildman–Crippen LogP) is 3.54. The van der Waals surface area contributed by atoms with Crippen LogP contribution in [0.3, 0.4) is 0 Å². The van der Waals surface area contributed by atoms with Crippen molar-refractivity contribution in [2.75, 3.05) is 0 Å². The van der Waals surface area contributed by atoms with Gasteiger partial charge in [-0.25, -0.2) is 4.68 Å². The smallest absolute Gasteiger partial charge is 0.112 e. The van der Waals surface area contributed by atoms with E-state index in [1.54, 1.807) is 0 Å². The maximum absolute atomic E-state index is 4.71. The van der Waals surface area contributed by atoms with Crippen molar-refractivity contribution < 1.29 is 0 Å². The molecule has 2 aromatic heterocycles. The Kier molecular flexibility index (Phi) is 2.59. The SMILES string of the molecule is CC(C)c1nn(-c2ccccc2)c2cccnc12. The van der Waals surface area contributed by atoms with E-state index in [0.717, 1.165) is 22.4 Å². The standard InChI is InChI=1S/C15H15N3/c1-11(2)14-15-13(9-6-10-16-15)18(17-14)12-7-4-3-5-8-12/h3-11H,1-2H3. The van der Waals surface area contributed by atoms with E-state index in [1.165, 1.54) is 0 Å². The van der Waals surface area contributed by atoms with Crippen molar-refractivity contribution in [2.24, 2.45) is 0 Å². The van der Waals surface area contributed by atoms with E-state index in [2.05, 4.69) is 37.0 Å². The third kappa shape index (κ3) is 1.68. The van der Waals surface area contributed by atoms with Crippen LogP contribution in [-0.4, -0.2) is 14.8 Å². The first-order valence-electron chi connectivity index (χ1n) is 6.16. The van der Waals surface area contributed by atoms with Gasteiger partial charge in [-0.2, -0.15) is 5.10 Å². The molecule has 0 saturated carbocycles. The molecule has 0 spiro atoms. The molecule has 0 aliphatic carbocycles. The van der Waals surface area contributed by atoms with E-state index in [-0.39, 0.29) is 0 Å². The summed E-state index contributed by atoms with van der Waals surface area (Å²) in [6.45, 7) is 4.29. The second kappa shape index (κ2) is 4.26. The molecule has 0 amide bonds. The van der Waals surface area contributed by atoms with Crippen LogP contribution in [0.5, 0.6) is 0 Å². The van der Waals surface area contributed by atoms with Crippen LogP contribution in [0.4, 0.5) is 0 Å². The maximum Gasteiger partial charge on any atom is 0.112 e. The first-order valence-corrected chi connectivity index (χ1v) is 6.16. The van der Waals surface area contributed by atoms with Crippen LogP contribution in [0.2, 0.25) is 0 Å². The molecule has 3 heteroatoms. The fourth-order valence-electron chi connectivity index (χ4n) is 2.13. The van der Waals surface area contributed by atoms with E-state index in [9.17, 15) is 0 Å². The average molecular weight is 237 g/mol. The summed E-state index contributed by atoms with van der Waals surface area (Å²) < 4.78 is 1.97. The molecule has 3 nitrogen and oxygen atoms in total. The number of para-hydroxylation sites is 1. The highest BCUT2D eigenvalue weighted by molar-refractivity contribution is 5.79. The Balaban J connectivity index is 2.31. The van der Waals surface area contributed by atoms with Gasteiger partial charge in [-0.05, 0) is 30.2 Å². The highest BCUT2D eigenvalue weighted by Crippen LogP contribution is 2.24. The predicted molar refractivity (Wildman–Crippen MR) is 73.0 cm³/mol. The summed E-state index contributed by atoms with van der Waals surface area (Å²) in [5.74, 6) is 0.368. The number of nitrogens with zero attached hydrogens (tertiary/aromatic N) is 3. The third-order valence-corrected chi connectivity index (χ3v) is 3.01. The first-order chi connectivity index (χ1) is 8.77. The van der Waals surface area contributed by atoms with Crippen LogP contribution < -0.4 is 0 Å². The molecule has 0 saturated heterocycles. The Morgan fingerprint density at radius 2 is 1.78 bits per heavy atom. The average Bonchev–Trinajstić information content (AvgIpc) is 2.79. The van der Waals surface area contributed by atoms with Crippen molar-refractivity contribution in [1.82, 2.24) is 14.8 Å². The largest absolute Gasteiger partial charge is 0.253 e. The molecule has 0 bridgehead atoms. The van der Waals surface area contributed by atoms with Gasteiger partial charge in [0.1, 0.15) is 5.52 Å². The van der Waals surface area contributed by atoms with Crippen molar-refractivity contribution in [1.29, 1.82) is 0 Å². The van der Waals surface area contributed by atoms with E-state index in [0.29, 0.717) is 5.92 Å². The minimum Gasteiger partial charge on any atom is -0.253 e. The van der Waals surface area contributed by atoms with Gasteiger partial charge in [0.15, 0.2) is 0 Å². The first kappa shape index (κ1) is 11.0. The quantitative estimate of drug-likeness (QED) is 0.682. The van der Waals surface area contributed by atoms with E-state index in [1.807, 2.05) is 35.1 Å². The molecule has 2 heterocycles. The van der Waals surface area contributed by atoms with Gasteiger partial charge < -0.3 is 0 Å². The summed E-state index contributed by atoms with van der Waals surface area (Å²) in [5, 5.41) is 4.71. The van der Waals surface area contributed by atoms with Crippen molar-refractivity contribution >= 4 is 11.0 Å². The van der Waals surface area contributed by atoms with Gasteiger partial charge in [-0.1, -0.05) is 32.0 Å². The number of aromatic nitrogens is 3. The fraction of sp³-hybridized carbons (Fsp3) is 0.200. The maximum atomic E-state index is 4.71. The number of hydrogen-bond donors (Lipinski definition) is 0. The summed E-state index contributed by atoms with van der Waals surface area (Å²) in [4.78, 5) is 4.47. The number of rotatable bonds is 2. The van der Waals surface area contributed by atoms with Gasteiger partial charge in [0.25, 0.3) is 0 Å². The van der Waals surface area contributed by atoms with Crippen LogP contribution in [0.15, 0.2) is 48.7 Å². The number of benzene rings is 1. The number of fused-ring (bicyclic) bond motifs is 1. The van der Waals surface area contributed by atoms with Crippen molar-refractivity contribution in [3.8, 4) is 5.69 Å². The molecule has 0 unspecified atom stereocenters. The van der Waals surface area contributed by atoms with Crippen LogP contribution in [0, 0.1) is 0 Å². The lowest BCUT2D eigenvalue weighted by atomic mass is 10.1. The second-order valence-corrected chi connectivity index (χ2v) is 4.66. The molecular formula is C15H15N3. The molecule has 90 valence electrons. The highest BCUT2D eigenvalue weighted by Gasteiger charge is 2.14. The molecule has 3 rings (SSSR count). The molecule has 0 N–H and O–H groups in total. The Bertz CT molecular complexity index is 669. The second-order valence-electron chi connectivity index (χ2n) is 4.66. The van der Waals surface area contributed by atoms with E-state index < -0.39 is 0 Å². The fourth-order valence-corrected chi connectivity index (χ4v) is 2.13. The van der Waals surface area contributed by atoms with E-state index >= 15 is 0 Å². The monoisotopic (exact) mass is 237 g/mol. The van der Waals surface area contributed by atoms with Crippen LogP contribution >= 0.6 is 0 Å². The Hall–Kier alpha value is -2.16. The molecule has 0 aliphatic heterocycles. The molecule has 0 aliphatic rings. The van der Waals surface area contributed by atoms with Crippen molar-refractivity contribution in [2.45, 2.75) is 19.8 Å². The lowest BCUT2D eigenvalue weighted by molar-refractivity contribution is 0.777. The molecule has 18 heavy (non-hydrogen) atoms. The summed E-state index contributed by atoms with van der Waals surface area (Å²) in [5.41, 5.74) is 4.18. The minimum absolute atomic E-state index is 0.368. The van der Waals surface area contributed by atoms with Crippen LogP contribution in [-0.2, 0) is 0 Å². The highest BCUT2D eigenvalue weighted by atomic mass is 15.3. The summed E-state index contributed by atoms with van der Waals surface area (Å²) in [7, 11) is 0. The lowest BCUT2D eigenvalue weighted by Gasteiger charge is -2.02. The van der Waals surface area contributed by atoms with Crippen LogP contribution in [0.1, 0.15) is 25.5 Å². The molecule has 0 radical (unpaired) electrons. The Morgan fingerprint density at radius 1 is 1.00 bits per heavy atom. The molecular weight excluding hydrogens is 222 g/mol. The van der Waals surface area contributed by atoms with E-state index in [4.69, 9.17) is 5.10 Å². The number of pyridine rings is 1. The van der Waals surface area contributed by atoms with Gasteiger partial charge in [-0.15, -0.1) is 0 Å². The summed E-state index contributed by atoms with van der Waals surface area (Å²) in [6.07, 6.45) is 1.82. The molecule has 3 aromatic rings. The van der Waals surface area contributed by atoms with Gasteiger partial charge in [0.2, 0.25) is 0 Å².